The minimum atomic E-state index is -0.0159. The molecule has 0 spiro atoms. The van der Waals surface area contributed by atoms with Gasteiger partial charge in [0.15, 0.2) is 0 Å². The van der Waals surface area contributed by atoms with Gasteiger partial charge in [0.05, 0.1) is 17.3 Å². The molecule has 2 rings (SSSR count). The molecule has 0 aromatic heterocycles. The van der Waals surface area contributed by atoms with Gasteiger partial charge >= 0.3 is 0 Å². The first-order valence-electron chi connectivity index (χ1n) is 7.12. The van der Waals surface area contributed by atoms with Gasteiger partial charge in [0, 0.05) is 6.04 Å². The Morgan fingerprint density at radius 1 is 1.38 bits per heavy atom. The smallest absolute Gasteiger partial charge is 0.238 e. The van der Waals surface area contributed by atoms with E-state index in [1.54, 1.807) is 6.07 Å². The van der Waals surface area contributed by atoms with Gasteiger partial charge in [-0.1, -0.05) is 23.7 Å². The van der Waals surface area contributed by atoms with Crippen molar-refractivity contribution in [3.05, 3.63) is 29.3 Å². The van der Waals surface area contributed by atoms with Crippen molar-refractivity contribution in [2.75, 3.05) is 32.0 Å². The van der Waals surface area contributed by atoms with E-state index in [4.69, 9.17) is 11.6 Å². The van der Waals surface area contributed by atoms with Crippen LogP contribution < -0.4 is 10.6 Å². The number of nitrogens with one attached hydrogen (secondary N) is 2. The fourth-order valence-corrected chi connectivity index (χ4v) is 2.73. The molecule has 1 unspecified atom stereocenters. The lowest BCUT2D eigenvalue weighted by atomic mass is 10.1. The molecule has 1 saturated heterocycles. The van der Waals surface area contributed by atoms with Crippen molar-refractivity contribution >= 4 is 35.6 Å². The number of halogens is 2. The fourth-order valence-electron chi connectivity index (χ4n) is 2.55. The summed E-state index contributed by atoms with van der Waals surface area (Å²) in [5.41, 5.74) is 0.676. The molecule has 118 valence electrons. The van der Waals surface area contributed by atoms with Gasteiger partial charge in [-0.05, 0) is 51.5 Å². The van der Waals surface area contributed by atoms with Crippen molar-refractivity contribution in [1.82, 2.24) is 10.2 Å². The van der Waals surface area contributed by atoms with Crippen LogP contribution in [0.3, 0.4) is 0 Å². The second-order valence-electron chi connectivity index (χ2n) is 5.28. The van der Waals surface area contributed by atoms with E-state index in [0.29, 0.717) is 23.3 Å². The molecule has 4 nitrogen and oxygen atoms in total. The van der Waals surface area contributed by atoms with Crippen molar-refractivity contribution in [3.63, 3.8) is 0 Å². The summed E-state index contributed by atoms with van der Waals surface area (Å²) in [4.78, 5) is 14.2. The topological polar surface area (TPSA) is 44.4 Å². The Balaban J connectivity index is 0.00000220. The van der Waals surface area contributed by atoms with E-state index in [2.05, 4.69) is 15.5 Å². The highest BCUT2D eigenvalue weighted by Gasteiger charge is 2.19. The molecule has 1 aromatic carbocycles. The summed E-state index contributed by atoms with van der Waals surface area (Å²) >= 11 is 6.04. The average molecular weight is 332 g/mol. The van der Waals surface area contributed by atoms with E-state index < -0.39 is 0 Å². The van der Waals surface area contributed by atoms with Crippen molar-refractivity contribution in [2.45, 2.75) is 25.3 Å². The number of carbonyl (C=O) groups is 1. The number of likely N-dealkylation sites (N-methyl/N-ethyl adjacent to an activating group) is 1. The van der Waals surface area contributed by atoms with Gasteiger partial charge in [0.2, 0.25) is 5.91 Å². The summed E-state index contributed by atoms with van der Waals surface area (Å²) in [5.74, 6) is -0.0159. The minimum Gasteiger partial charge on any atom is -0.324 e. The van der Waals surface area contributed by atoms with Gasteiger partial charge in [0.25, 0.3) is 0 Å². The minimum absolute atomic E-state index is 0. The van der Waals surface area contributed by atoms with E-state index >= 15 is 0 Å². The Hall–Kier alpha value is -0.810. The summed E-state index contributed by atoms with van der Waals surface area (Å²) in [7, 11) is 2.02. The second kappa shape index (κ2) is 9.26. The summed E-state index contributed by atoms with van der Waals surface area (Å²) in [6, 6.07) is 7.78. The van der Waals surface area contributed by atoms with Gasteiger partial charge in [-0.25, -0.2) is 0 Å². The molecule has 0 bridgehead atoms. The Morgan fingerprint density at radius 3 is 2.90 bits per heavy atom. The molecule has 1 aromatic rings. The maximum atomic E-state index is 12.1. The predicted octanol–water partition coefficient (Wildman–Crippen LogP) is 2.77. The quantitative estimate of drug-likeness (QED) is 0.891. The van der Waals surface area contributed by atoms with Crippen LogP contribution in [-0.4, -0.2) is 43.5 Å². The molecule has 0 saturated carbocycles. The third kappa shape index (κ3) is 5.83. The van der Waals surface area contributed by atoms with Crippen LogP contribution in [-0.2, 0) is 4.79 Å². The Labute approximate surface area is 137 Å². The molecule has 1 fully saturated rings. The maximum absolute atomic E-state index is 12.1. The number of para-hydroxylation sites is 1. The zero-order valence-electron chi connectivity index (χ0n) is 12.3. The number of benzene rings is 1. The molecular weight excluding hydrogens is 309 g/mol. The molecule has 2 N–H and O–H groups in total. The molecule has 1 aliphatic heterocycles. The highest BCUT2D eigenvalue weighted by molar-refractivity contribution is 6.33. The molecule has 21 heavy (non-hydrogen) atoms. The zero-order chi connectivity index (χ0) is 14.4. The van der Waals surface area contributed by atoms with Crippen LogP contribution in [0.2, 0.25) is 5.02 Å². The van der Waals surface area contributed by atoms with Crippen LogP contribution >= 0.6 is 24.0 Å². The van der Waals surface area contributed by atoms with Crippen LogP contribution in [0.15, 0.2) is 24.3 Å². The standard InChI is InChI=1S/C15H22ClN3O.ClH/c1-19(12-5-4-9-17-10-8-12)11-15(20)18-14-7-3-2-6-13(14)16;/h2-3,6-7,12,17H,4-5,8-11H2,1H3,(H,18,20);1H. The number of rotatable bonds is 4. The van der Waals surface area contributed by atoms with Crippen LogP contribution in [0.25, 0.3) is 0 Å². The molecular formula is C15H23Cl2N3O. The molecule has 1 amide bonds. The summed E-state index contributed by atoms with van der Waals surface area (Å²) < 4.78 is 0. The van der Waals surface area contributed by atoms with Gasteiger partial charge in [-0.15, -0.1) is 12.4 Å². The average Bonchev–Trinajstić information content (AvgIpc) is 2.70. The first kappa shape index (κ1) is 18.2. The summed E-state index contributed by atoms with van der Waals surface area (Å²) in [6.07, 6.45) is 3.40. The highest BCUT2D eigenvalue weighted by atomic mass is 35.5. The third-order valence-electron chi connectivity index (χ3n) is 3.71. The summed E-state index contributed by atoms with van der Waals surface area (Å²) in [5, 5.41) is 6.83. The monoisotopic (exact) mass is 331 g/mol. The number of nitrogens with zero attached hydrogens (tertiary/aromatic N) is 1. The molecule has 1 heterocycles. The van der Waals surface area contributed by atoms with E-state index in [0.717, 1.165) is 25.9 Å². The highest BCUT2D eigenvalue weighted by Crippen LogP contribution is 2.20. The van der Waals surface area contributed by atoms with Crippen molar-refractivity contribution in [1.29, 1.82) is 0 Å². The Kier molecular flexibility index (Phi) is 8.04. The van der Waals surface area contributed by atoms with Crippen LogP contribution in [0.5, 0.6) is 0 Å². The number of amides is 1. The maximum Gasteiger partial charge on any atom is 0.238 e. The first-order chi connectivity index (χ1) is 9.66. The lowest BCUT2D eigenvalue weighted by Gasteiger charge is -2.26. The molecule has 0 radical (unpaired) electrons. The Morgan fingerprint density at radius 2 is 2.14 bits per heavy atom. The Bertz CT molecular complexity index is 448. The number of hydrogen-bond acceptors (Lipinski definition) is 3. The zero-order valence-corrected chi connectivity index (χ0v) is 13.8. The lowest BCUT2D eigenvalue weighted by Crippen LogP contribution is -2.38. The van der Waals surface area contributed by atoms with Gasteiger partial charge in [0.1, 0.15) is 0 Å². The van der Waals surface area contributed by atoms with Gasteiger partial charge in [-0.2, -0.15) is 0 Å². The van der Waals surface area contributed by atoms with Crippen LogP contribution in [0.1, 0.15) is 19.3 Å². The third-order valence-corrected chi connectivity index (χ3v) is 4.04. The van der Waals surface area contributed by atoms with E-state index in [9.17, 15) is 4.79 Å². The van der Waals surface area contributed by atoms with Crippen LogP contribution in [0.4, 0.5) is 5.69 Å². The van der Waals surface area contributed by atoms with Crippen LogP contribution in [0, 0.1) is 0 Å². The normalized spacial score (nSPS) is 18.7. The fraction of sp³-hybridized carbons (Fsp3) is 0.533. The van der Waals surface area contributed by atoms with Crippen molar-refractivity contribution in [3.8, 4) is 0 Å². The number of carbonyl (C=O) groups excluding carboxylic acids is 1. The molecule has 0 aliphatic carbocycles. The largest absolute Gasteiger partial charge is 0.324 e. The summed E-state index contributed by atoms with van der Waals surface area (Å²) in [6.45, 7) is 2.51. The SMILES string of the molecule is CN(CC(=O)Nc1ccccc1Cl)C1CCCNCC1.Cl. The molecule has 1 aliphatic rings. The second-order valence-corrected chi connectivity index (χ2v) is 5.69. The predicted molar refractivity (Wildman–Crippen MR) is 90.5 cm³/mol. The van der Waals surface area contributed by atoms with E-state index in [-0.39, 0.29) is 18.3 Å². The number of hydrogen-bond donors (Lipinski definition) is 2. The molecule has 1 atom stereocenters. The van der Waals surface area contributed by atoms with E-state index in [1.165, 1.54) is 6.42 Å². The van der Waals surface area contributed by atoms with Gasteiger partial charge < -0.3 is 10.6 Å². The lowest BCUT2D eigenvalue weighted by molar-refractivity contribution is -0.117. The van der Waals surface area contributed by atoms with Crippen molar-refractivity contribution in [2.24, 2.45) is 0 Å². The van der Waals surface area contributed by atoms with Gasteiger partial charge in [-0.3, -0.25) is 9.69 Å². The molecule has 6 heteroatoms. The van der Waals surface area contributed by atoms with Crippen molar-refractivity contribution < 1.29 is 4.79 Å². The van der Waals surface area contributed by atoms with E-state index in [1.807, 2.05) is 25.2 Å². The number of anilines is 1. The first-order valence-corrected chi connectivity index (χ1v) is 7.50.